The largest absolute Gasteiger partial charge is 0.336 e. The number of non-ortho nitro benzene ring substituents is 1. The summed E-state index contributed by atoms with van der Waals surface area (Å²) in [5.74, 6) is -0.405. The second-order valence-electron chi connectivity index (χ2n) is 7.55. The summed E-state index contributed by atoms with van der Waals surface area (Å²) < 4.78 is 0. The van der Waals surface area contributed by atoms with Crippen LogP contribution in [-0.2, 0) is 4.79 Å². The predicted octanol–water partition coefficient (Wildman–Crippen LogP) is 3.02. The molecule has 0 atom stereocenters. The van der Waals surface area contributed by atoms with Gasteiger partial charge in [0.15, 0.2) is 0 Å². The molecule has 1 aromatic rings. The summed E-state index contributed by atoms with van der Waals surface area (Å²) in [6.07, 6.45) is 0. The number of carbonyl (C=O) groups excluding carboxylic acids is 2. The van der Waals surface area contributed by atoms with Crippen LogP contribution in [0, 0.1) is 10.1 Å². The van der Waals surface area contributed by atoms with Gasteiger partial charge in [-0.05, 0) is 52.9 Å². The predicted molar refractivity (Wildman–Crippen MR) is 114 cm³/mol. The highest BCUT2D eigenvalue weighted by atomic mass is 16.6. The van der Waals surface area contributed by atoms with Crippen LogP contribution in [0.25, 0.3) is 0 Å². The van der Waals surface area contributed by atoms with Gasteiger partial charge in [-0.15, -0.1) is 0 Å². The molecule has 0 saturated heterocycles. The molecule has 0 unspecified atom stereocenters. The molecule has 8 heteroatoms. The highest BCUT2D eigenvalue weighted by molar-refractivity contribution is 5.96. The minimum absolute atomic E-state index is 0.0204. The molecular formula is C21H34N4O4. The van der Waals surface area contributed by atoms with E-state index in [1.54, 1.807) is 9.80 Å². The van der Waals surface area contributed by atoms with E-state index in [-0.39, 0.29) is 36.1 Å². The maximum Gasteiger partial charge on any atom is 0.269 e. The standard InChI is InChI=1S/C21H34N4O4/c1-7-22(8-2)13-14-23(15-20(26)24(16(3)4)17(5)6)21(27)18-9-11-19(12-10-18)25(28)29/h9-12,16-17H,7-8,13-15H2,1-6H3. The second kappa shape index (κ2) is 11.5. The highest BCUT2D eigenvalue weighted by Crippen LogP contribution is 2.15. The summed E-state index contributed by atoms with van der Waals surface area (Å²) in [4.78, 5) is 41.9. The minimum Gasteiger partial charge on any atom is -0.336 e. The zero-order valence-electron chi connectivity index (χ0n) is 18.4. The lowest BCUT2D eigenvalue weighted by atomic mass is 10.1. The van der Waals surface area contributed by atoms with Crippen LogP contribution in [0.5, 0.6) is 0 Å². The van der Waals surface area contributed by atoms with E-state index in [0.29, 0.717) is 18.7 Å². The number of nitro benzene ring substituents is 1. The molecule has 8 nitrogen and oxygen atoms in total. The van der Waals surface area contributed by atoms with E-state index in [1.165, 1.54) is 24.3 Å². The average Bonchev–Trinajstić information content (AvgIpc) is 2.66. The van der Waals surface area contributed by atoms with E-state index in [9.17, 15) is 19.7 Å². The summed E-state index contributed by atoms with van der Waals surface area (Å²) >= 11 is 0. The lowest BCUT2D eigenvalue weighted by molar-refractivity contribution is -0.384. The number of nitrogens with zero attached hydrogens (tertiary/aromatic N) is 4. The first-order valence-electron chi connectivity index (χ1n) is 10.2. The van der Waals surface area contributed by atoms with Crippen molar-refractivity contribution in [1.82, 2.24) is 14.7 Å². The highest BCUT2D eigenvalue weighted by Gasteiger charge is 2.26. The Morgan fingerprint density at radius 2 is 1.48 bits per heavy atom. The van der Waals surface area contributed by atoms with Crippen molar-refractivity contribution in [3.05, 3.63) is 39.9 Å². The summed E-state index contributed by atoms with van der Waals surface area (Å²) in [5, 5.41) is 10.9. The average molecular weight is 407 g/mol. The van der Waals surface area contributed by atoms with Gasteiger partial charge in [0.25, 0.3) is 11.6 Å². The fraction of sp³-hybridized carbons (Fsp3) is 0.619. The molecule has 29 heavy (non-hydrogen) atoms. The number of amides is 2. The third kappa shape index (κ3) is 7.12. The van der Waals surface area contributed by atoms with Gasteiger partial charge in [0.2, 0.25) is 5.91 Å². The molecule has 2 amide bonds. The fourth-order valence-electron chi connectivity index (χ4n) is 3.38. The minimum atomic E-state index is -0.501. The molecular weight excluding hydrogens is 372 g/mol. The number of hydrogen-bond acceptors (Lipinski definition) is 5. The molecule has 162 valence electrons. The summed E-state index contributed by atoms with van der Waals surface area (Å²) in [5.41, 5.74) is 0.265. The zero-order valence-corrected chi connectivity index (χ0v) is 18.4. The molecule has 1 rings (SSSR count). The van der Waals surface area contributed by atoms with Crippen molar-refractivity contribution in [3.8, 4) is 0 Å². The maximum absolute atomic E-state index is 13.1. The Bertz CT molecular complexity index is 676. The van der Waals surface area contributed by atoms with Gasteiger partial charge >= 0.3 is 0 Å². The Labute approximate surface area is 173 Å². The molecule has 0 bridgehead atoms. The summed E-state index contributed by atoms with van der Waals surface area (Å²) in [7, 11) is 0. The first-order chi connectivity index (χ1) is 13.6. The zero-order chi connectivity index (χ0) is 22.1. The van der Waals surface area contributed by atoms with E-state index in [0.717, 1.165) is 13.1 Å². The van der Waals surface area contributed by atoms with Crippen molar-refractivity contribution in [3.63, 3.8) is 0 Å². The molecule has 1 aromatic carbocycles. The SMILES string of the molecule is CCN(CC)CCN(CC(=O)N(C(C)C)C(C)C)C(=O)c1ccc([N+](=O)[O-])cc1. The Kier molecular flexibility index (Phi) is 9.74. The van der Waals surface area contributed by atoms with Gasteiger partial charge < -0.3 is 14.7 Å². The monoisotopic (exact) mass is 406 g/mol. The van der Waals surface area contributed by atoms with Gasteiger partial charge in [0.05, 0.1) is 4.92 Å². The maximum atomic E-state index is 13.1. The molecule has 0 aliphatic heterocycles. The topological polar surface area (TPSA) is 87.0 Å². The Morgan fingerprint density at radius 1 is 0.966 bits per heavy atom. The van der Waals surface area contributed by atoms with E-state index in [1.807, 2.05) is 27.7 Å². The Hall–Kier alpha value is -2.48. The molecule has 0 fully saturated rings. The van der Waals surface area contributed by atoms with Crippen molar-refractivity contribution in [1.29, 1.82) is 0 Å². The molecule has 0 aliphatic carbocycles. The number of benzene rings is 1. The van der Waals surface area contributed by atoms with Gasteiger partial charge in [-0.2, -0.15) is 0 Å². The smallest absolute Gasteiger partial charge is 0.269 e. The molecule has 0 saturated carbocycles. The fourth-order valence-corrected chi connectivity index (χ4v) is 3.38. The molecule has 0 heterocycles. The van der Waals surface area contributed by atoms with Gasteiger partial charge in [-0.1, -0.05) is 13.8 Å². The molecule has 0 radical (unpaired) electrons. The lowest BCUT2D eigenvalue weighted by Crippen LogP contribution is -2.49. The van der Waals surface area contributed by atoms with Crippen LogP contribution in [0.3, 0.4) is 0 Å². The van der Waals surface area contributed by atoms with Crippen LogP contribution in [0.2, 0.25) is 0 Å². The van der Waals surface area contributed by atoms with Gasteiger partial charge in [-0.3, -0.25) is 19.7 Å². The van der Waals surface area contributed by atoms with Crippen molar-refractivity contribution in [2.75, 3.05) is 32.7 Å². The van der Waals surface area contributed by atoms with Crippen LogP contribution >= 0.6 is 0 Å². The van der Waals surface area contributed by atoms with Crippen LogP contribution in [0.1, 0.15) is 51.9 Å². The van der Waals surface area contributed by atoms with Crippen LogP contribution in [-0.4, -0.2) is 76.2 Å². The molecule has 0 N–H and O–H groups in total. The number of likely N-dealkylation sites (N-methyl/N-ethyl adjacent to an activating group) is 1. The van der Waals surface area contributed by atoms with Crippen LogP contribution < -0.4 is 0 Å². The van der Waals surface area contributed by atoms with Crippen LogP contribution in [0.15, 0.2) is 24.3 Å². The van der Waals surface area contributed by atoms with Gasteiger partial charge in [0.1, 0.15) is 6.54 Å². The van der Waals surface area contributed by atoms with Gasteiger partial charge in [0, 0.05) is 42.9 Å². The first-order valence-corrected chi connectivity index (χ1v) is 10.2. The molecule has 0 aromatic heterocycles. The molecule has 0 aliphatic rings. The first kappa shape index (κ1) is 24.6. The quantitative estimate of drug-likeness (QED) is 0.416. The summed E-state index contributed by atoms with van der Waals surface area (Å²) in [6.45, 7) is 14.7. The van der Waals surface area contributed by atoms with E-state index >= 15 is 0 Å². The van der Waals surface area contributed by atoms with Gasteiger partial charge in [-0.25, -0.2) is 0 Å². The van der Waals surface area contributed by atoms with E-state index < -0.39 is 4.92 Å². The lowest BCUT2D eigenvalue weighted by Gasteiger charge is -2.34. The third-order valence-corrected chi connectivity index (χ3v) is 4.92. The van der Waals surface area contributed by atoms with Crippen molar-refractivity contribution in [2.45, 2.75) is 53.6 Å². The number of nitro groups is 1. The Balaban J connectivity index is 3.07. The number of carbonyl (C=O) groups is 2. The van der Waals surface area contributed by atoms with Crippen LogP contribution in [0.4, 0.5) is 5.69 Å². The van der Waals surface area contributed by atoms with Crippen molar-refractivity contribution in [2.24, 2.45) is 0 Å². The second-order valence-corrected chi connectivity index (χ2v) is 7.55. The van der Waals surface area contributed by atoms with Crippen molar-refractivity contribution < 1.29 is 14.5 Å². The third-order valence-electron chi connectivity index (χ3n) is 4.92. The van der Waals surface area contributed by atoms with E-state index in [4.69, 9.17) is 0 Å². The van der Waals surface area contributed by atoms with Crippen molar-refractivity contribution >= 4 is 17.5 Å². The Morgan fingerprint density at radius 3 is 1.90 bits per heavy atom. The molecule has 0 spiro atoms. The summed E-state index contributed by atoms with van der Waals surface area (Å²) in [6, 6.07) is 5.57. The number of hydrogen-bond donors (Lipinski definition) is 0. The van der Waals surface area contributed by atoms with E-state index in [2.05, 4.69) is 18.7 Å². The normalized spacial score (nSPS) is 11.2. The number of rotatable bonds is 11.